The first-order chi connectivity index (χ1) is 14.0. The van der Waals surface area contributed by atoms with Crippen molar-refractivity contribution in [1.82, 2.24) is 14.6 Å². The first-order valence-corrected chi connectivity index (χ1v) is 9.43. The van der Waals surface area contributed by atoms with Crippen molar-refractivity contribution in [1.29, 1.82) is 5.26 Å². The van der Waals surface area contributed by atoms with Crippen molar-refractivity contribution < 1.29 is 9.59 Å². The average Bonchev–Trinajstić information content (AvgIpc) is 3.11. The molecule has 0 saturated heterocycles. The van der Waals surface area contributed by atoms with E-state index in [0.717, 1.165) is 33.9 Å². The summed E-state index contributed by atoms with van der Waals surface area (Å²) in [6.07, 6.45) is 3.46. The van der Waals surface area contributed by atoms with Crippen LogP contribution in [-0.2, 0) is 22.4 Å². The Labute approximate surface area is 167 Å². The van der Waals surface area contributed by atoms with E-state index < -0.39 is 0 Å². The van der Waals surface area contributed by atoms with Crippen LogP contribution in [0, 0.1) is 25.2 Å². The highest BCUT2D eigenvalue weighted by molar-refractivity contribution is 5.95. The van der Waals surface area contributed by atoms with Gasteiger partial charge < -0.3 is 10.6 Å². The molecular weight excluding hydrogens is 368 g/mol. The maximum Gasteiger partial charge on any atom is 0.224 e. The average molecular weight is 388 g/mol. The summed E-state index contributed by atoms with van der Waals surface area (Å²) in [5, 5.41) is 19.2. The number of aromatic nitrogens is 3. The summed E-state index contributed by atoms with van der Waals surface area (Å²) < 4.78 is 1.65. The SMILES string of the molecule is Cc1nc2c(C#N)cnn2c(C)c1CCC(=O)Nc1ccc2c(c1)CCC(=O)N2. The number of aryl methyl sites for hydroxylation is 3. The van der Waals surface area contributed by atoms with Crippen LogP contribution in [0.1, 0.15) is 40.9 Å². The number of hydrogen-bond donors (Lipinski definition) is 2. The zero-order valence-electron chi connectivity index (χ0n) is 16.2. The van der Waals surface area contributed by atoms with Gasteiger partial charge in [0.2, 0.25) is 11.8 Å². The normalized spacial score (nSPS) is 12.9. The molecule has 1 aromatic carbocycles. The summed E-state index contributed by atoms with van der Waals surface area (Å²) in [6.45, 7) is 3.80. The Morgan fingerprint density at radius 2 is 2.17 bits per heavy atom. The standard InChI is InChI=1S/C21H20N6O2/c1-12-17(13(2)27-21(24-12)15(10-22)11-23-27)5-8-19(28)25-16-4-6-18-14(9-16)3-7-20(29)26-18/h4,6,9,11H,3,5,7-8H2,1-2H3,(H,25,28)(H,26,29). The number of hydrogen-bond acceptors (Lipinski definition) is 5. The Kier molecular flexibility index (Phi) is 4.72. The third kappa shape index (κ3) is 3.55. The molecule has 0 radical (unpaired) electrons. The van der Waals surface area contributed by atoms with Gasteiger partial charge in [-0.1, -0.05) is 0 Å². The van der Waals surface area contributed by atoms with E-state index in [0.29, 0.717) is 36.9 Å². The van der Waals surface area contributed by atoms with E-state index in [1.807, 2.05) is 26.0 Å². The number of nitrogens with zero attached hydrogens (tertiary/aromatic N) is 4. The molecule has 3 aromatic rings. The molecule has 3 heterocycles. The third-order valence-electron chi connectivity index (χ3n) is 5.22. The van der Waals surface area contributed by atoms with Crippen molar-refractivity contribution in [2.75, 3.05) is 10.6 Å². The van der Waals surface area contributed by atoms with Crippen molar-refractivity contribution in [3.8, 4) is 6.07 Å². The van der Waals surface area contributed by atoms with Crippen LogP contribution in [0.5, 0.6) is 0 Å². The van der Waals surface area contributed by atoms with E-state index >= 15 is 0 Å². The van der Waals surface area contributed by atoms with E-state index in [1.165, 1.54) is 6.20 Å². The second-order valence-corrected chi connectivity index (χ2v) is 7.13. The maximum absolute atomic E-state index is 12.5. The molecule has 8 nitrogen and oxygen atoms in total. The molecule has 2 amide bonds. The van der Waals surface area contributed by atoms with E-state index in [4.69, 9.17) is 5.26 Å². The Morgan fingerprint density at radius 3 is 2.97 bits per heavy atom. The molecule has 4 rings (SSSR count). The summed E-state index contributed by atoms with van der Waals surface area (Å²) in [6, 6.07) is 7.61. The number of rotatable bonds is 4. The van der Waals surface area contributed by atoms with Crippen LogP contribution >= 0.6 is 0 Å². The van der Waals surface area contributed by atoms with Gasteiger partial charge in [0.05, 0.1) is 6.20 Å². The Bertz CT molecular complexity index is 1190. The lowest BCUT2D eigenvalue weighted by molar-refractivity contribution is -0.117. The molecule has 146 valence electrons. The summed E-state index contributed by atoms with van der Waals surface area (Å²) in [7, 11) is 0. The molecule has 8 heteroatoms. The molecule has 0 atom stereocenters. The van der Waals surface area contributed by atoms with Gasteiger partial charge >= 0.3 is 0 Å². The second kappa shape index (κ2) is 7.36. The van der Waals surface area contributed by atoms with Gasteiger partial charge in [0.1, 0.15) is 11.6 Å². The van der Waals surface area contributed by atoms with E-state index in [-0.39, 0.29) is 11.8 Å². The molecule has 2 aromatic heterocycles. The Balaban J connectivity index is 1.46. The summed E-state index contributed by atoms with van der Waals surface area (Å²) in [5.74, 6) is -0.0773. The zero-order chi connectivity index (χ0) is 20.5. The molecule has 0 bridgehead atoms. The predicted octanol–water partition coefficient (Wildman–Crippen LogP) is 2.67. The van der Waals surface area contributed by atoms with Gasteiger partial charge in [0.15, 0.2) is 5.65 Å². The first-order valence-electron chi connectivity index (χ1n) is 9.43. The summed E-state index contributed by atoms with van der Waals surface area (Å²) >= 11 is 0. The van der Waals surface area contributed by atoms with Crippen molar-refractivity contribution >= 4 is 28.8 Å². The van der Waals surface area contributed by atoms with Crippen LogP contribution in [-0.4, -0.2) is 26.4 Å². The first kappa shape index (κ1) is 18.6. The lowest BCUT2D eigenvalue weighted by Crippen LogP contribution is -2.19. The van der Waals surface area contributed by atoms with Crippen LogP contribution in [0.2, 0.25) is 0 Å². The number of anilines is 2. The van der Waals surface area contributed by atoms with Gasteiger partial charge in [-0.3, -0.25) is 9.59 Å². The lowest BCUT2D eigenvalue weighted by Gasteiger charge is -2.18. The van der Waals surface area contributed by atoms with Gasteiger partial charge in [-0.2, -0.15) is 10.4 Å². The van der Waals surface area contributed by atoms with E-state index in [9.17, 15) is 9.59 Å². The number of benzene rings is 1. The molecular formula is C21H20N6O2. The van der Waals surface area contributed by atoms with Crippen LogP contribution < -0.4 is 10.6 Å². The zero-order valence-corrected chi connectivity index (χ0v) is 16.2. The number of amides is 2. The minimum absolute atomic E-state index is 0.0182. The van der Waals surface area contributed by atoms with Crippen molar-refractivity contribution in [2.24, 2.45) is 0 Å². The fourth-order valence-electron chi connectivity index (χ4n) is 3.67. The largest absolute Gasteiger partial charge is 0.326 e. The summed E-state index contributed by atoms with van der Waals surface area (Å²) in [4.78, 5) is 28.4. The molecule has 29 heavy (non-hydrogen) atoms. The third-order valence-corrected chi connectivity index (χ3v) is 5.22. The van der Waals surface area contributed by atoms with Gasteiger partial charge in [0, 0.05) is 35.6 Å². The highest BCUT2D eigenvalue weighted by Crippen LogP contribution is 2.26. The fraction of sp³-hybridized carbons (Fsp3) is 0.286. The lowest BCUT2D eigenvalue weighted by atomic mass is 10.0. The number of nitriles is 1. The highest BCUT2D eigenvalue weighted by Gasteiger charge is 2.17. The number of nitrogens with one attached hydrogen (secondary N) is 2. The maximum atomic E-state index is 12.5. The predicted molar refractivity (Wildman–Crippen MR) is 108 cm³/mol. The molecule has 0 fully saturated rings. The number of carbonyl (C=O) groups is 2. The summed E-state index contributed by atoms with van der Waals surface area (Å²) in [5.41, 5.74) is 6.15. The quantitative estimate of drug-likeness (QED) is 0.714. The molecule has 0 saturated carbocycles. The van der Waals surface area contributed by atoms with Crippen LogP contribution in [0.15, 0.2) is 24.4 Å². The van der Waals surface area contributed by atoms with Gasteiger partial charge in [-0.15, -0.1) is 0 Å². The smallest absolute Gasteiger partial charge is 0.224 e. The minimum Gasteiger partial charge on any atom is -0.326 e. The fourth-order valence-corrected chi connectivity index (χ4v) is 3.67. The van der Waals surface area contributed by atoms with Crippen LogP contribution in [0.3, 0.4) is 0 Å². The molecule has 1 aliphatic rings. The molecule has 0 spiro atoms. The molecule has 0 aliphatic carbocycles. The highest BCUT2D eigenvalue weighted by atomic mass is 16.2. The Morgan fingerprint density at radius 1 is 1.34 bits per heavy atom. The van der Waals surface area contributed by atoms with Crippen molar-refractivity contribution in [2.45, 2.75) is 39.5 Å². The van der Waals surface area contributed by atoms with E-state index in [2.05, 4.69) is 26.8 Å². The Hall–Kier alpha value is -3.73. The van der Waals surface area contributed by atoms with Gasteiger partial charge in [-0.05, 0) is 56.0 Å². The molecule has 2 N–H and O–H groups in total. The van der Waals surface area contributed by atoms with E-state index in [1.54, 1.807) is 10.6 Å². The van der Waals surface area contributed by atoms with Crippen LogP contribution in [0.25, 0.3) is 5.65 Å². The van der Waals surface area contributed by atoms with Gasteiger partial charge in [0.25, 0.3) is 0 Å². The van der Waals surface area contributed by atoms with Gasteiger partial charge in [-0.25, -0.2) is 9.50 Å². The topological polar surface area (TPSA) is 112 Å². The number of carbonyl (C=O) groups excluding carboxylic acids is 2. The minimum atomic E-state index is -0.0955. The number of fused-ring (bicyclic) bond motifs is 2. The second-order valence-electron chi connectivity index (χ2n) is 7.13. The van der Waals surface area contributed by atoms with Crippen molar-refractivity contribution in [3.63, 3.8) is 0 Å². The van der Waals surface area contributed by atoms with Crippen LogP contribution in [0.4, 0.5) is 11.4 Å². The monoisotopic (exact) mass is 388 g/mol. The van der Waals surface area contributed by atoms with Crippen molar-refractivity contribution in [3.05, 3.63) is 52.5 Å². The molecule has 0 unspecified atom stereocenters. The molecule has 1 aliphatic heterocycles.